The number of esters is 2. The molecule has 2 saturated heterocycles. The molecule has 2 heterocycles. The lowest BCUT2D eigenvalue weighted by Crippen LogP contribution is -2.37. The van der Waals surface area contributed by atoms with Crippen LogP contribution in [0.4, 0.5) is 0 Å². The minimum absolute atomic E-state index is 0.0856. The van der Waals surface area contributed by atoms with Gasteiger partial charge in [-0.25, -0.2) is 0 Å². The van der Waals surface area contributed by atoms with Crippen LogP contribution in [0.15, 0.2) is 0 Å². The Bertz CT molecular complexity index is 449. The van der Waals surface area contributed by atoms with Crippen LogP contribution < -0.4 is 0 Å². The van der Waals surface area contributed by atoms with E-state index in [0.29, 0.717) is 12.5 Å². The largest absolute Gasteiger partial charge is 0.464 e. The Morgan fingerprint density at radius 1 is 1.33 bits per heavy atom. The van der Waals surface area contributed by atoms with Gasteiger partial charge in [0.15, 0.2) is 0 Å². The van der Waals surface area contributed by atoms with Crippen LogP contribution in [0.1, 0.15) is 12.8 Å². The zero-order valence-corrected chi connectivity index (χ0v) is 12.8. The number of hydrogen-bond acceptors (Lipinski definition) is 6. The van der Waals surface area contributed by atoms with E-state index in [-0.39, 0.29) is 35.8 Å². The molecule has 2 bridgehead atoms. The van der Waals surface area contributed by atoms with Gasteiger partial charge in [0.1, 0.15) is 12.7 Å². The summed E-state index contributed by atoms with van der Waals surface area (Å²) in [6, 6.07) is 0. The molecule has 2 aliphatic carbocycles. The van der Waals surface area contributed by atoms with Crippen molar-refractivity contribution >= 4 is 23.7 Å². The first-order valence-corrected chi connectivity index (χ1v) is 9.07. The number of fused-ring (bicyclic) bond motifs is 1. The predicted octanol–water partition coefficient (Wildman–Crippen LogP) is 0.776. The molecule has 4 aliphatic rings. The zero-order valence-electron chi connectivity index (χ0n) is 12.0. The summed E-state index contributed by atoms with van der Waals surface area (Å²) >= 11 is 1.97. The Hall–Kier alpha value is -0.750. The summed E-state index contributed by atoms with van der Waals surface area (Å²) in [5, 5.41) is 0. The Morgan fingerprint density at radius 3 is 2.95 bits per heavy atom. The predicted molar refractivity (Wildman–Crippen MR) is 77.8 cm³/mol. The average Bonchev–Trinajstić information content (AvgIpc) is 3.09. The fraction of sp³-hybridized carbons (Fsp3) is 0.867. The summed E-state index contributed by atoms with van der Waals surface area (Å²) < 4.78 is 10.8. The van der Waals surface area contributed by atoms with Crippen molar-refractivity contribution in [1.29, 1.82) is 0 Å². The molecule has 4 unspecified atom stereocenters. The maximum absolute atomic E-state index is 12.4. The van der Waals surface area contributed by atoms with Gasteiger partial charge in [0.05, 0.1) is 11.8 Å². The average molecular weight is 311 g/mol. The SMILES string of the molecule is O=C(OCCN1CCSCC1)C1C2CC3OC(=O)[C@H]1C3C2. The highest BCUT2D eigenvalue weighted by Gasteiger charge is 2.64. The second-order valence-corrected chi connectivity index (χ2v) is 7.77. The molecule has 0 radical (unpaired) electrons. The number of hydrogen-bond donors (Lipinski definition) is 0. The lowest BCUT2D eigenvalue weighted by atomic mass is 9.80. The van der Waals surface area contributed by atoms with E-state index in [1.54, 1.807) is 0 Å². The number of carbonyl (C=O) groups is 2. The van der Waals surface area contributed by atoms with Gasteiger partial charge in [-0.15, -0.1) is 0 Å². The van der Waals surface area contributed by atoms with Crippen molar-refractivity contribution in [3.05, 3.63) is 0 Å². The first kappa shape index (κ1) is 13.9. The summed E-state index contributed by atoms with van der Waals surface area (Å²) in [5.74, 6) is 2.11. The third-order valence-electron chi connectivity index (χ3n) is 5.51. The minimum Gasteiger partial charge on any atom is -0.464 e. The molecule has 2 saturated carbocycles. The van der Waals surface area contributed by atoms with Gasteiger partial charge in [-0.3, -0.25) is 14.5 Å². The maximum atomic E-state index is 12.4. The summed E-state index contributed by atoms with van der Waals surface area (Å²) in [6.07, 6.45) is 1.91. The van der Waals surface area contributed by atoms with Crippen LogP contribution >= 0.6 is 11.8 Å². The van der Waals surface area contributed by atoms with Crippen molar-refractivity contribution in [3.8, 4) is 0 Å². The highest BCUT2D eigenvalue weighted by Crippen LogP contribution is 2.57. The summed E-state index contributed by atoms with van der Waals surface area (Å²) in [5.41, 5.74) is 0. The Balaban J connectivity index is 1.30. The van der Waals surface area contributed by atoms with Gasteiger partial charge in [-0.05, 0) is 18.8 Å². The Kier molecular flexibility index (Phi) is 3.61. The normalized spacial score (nSPS) is 41.3. The van der Waals surface area contributed by atoms with Crippen molar-refractivity contribution in [2.45, 2.75) is 18.9 Å². The van der Waals surface area contributed by atoms with Crippen molar-refractivity contribution in [2.75, 3.05) is 37.7 Å². The molecule has 4 rings (SSSR count). The number of rotatable bonds is 4. The molecule has 0 N–H and O–H groups in total. The zero-order chi connectivity index (χ0) is 14.4. The van der Waals surface area contributed by atoms with Gasteiger partial charge in [0, 0.05) is 37.1 Å². The molecule has 4 fully saturated rings. The minimum atomic E-state index is -0.238. The van der Waals surface area contributed by atoms with E-state index in [1.165, 1.54) is 0 Å². The topological polar surface area (TPSA) is 55.8 Å². The van der Waals surface area contributed by atoms with Crippen LogP contribution in [-0.4, -0.2) is 60.7 Å². The third kappa shape index (κ3) is 2.36. The molecule has 21 heavy (non-hydrogen) atoms. The molecule has 2 aliphatic heterocycles. The molecule has 0 spiro atoms. The fourth-order valence-electron chi connectivity index (χ4n) is 4.52. The van der Waals surface area contributed by atoms with Crippen LogP contribution in [0.25, 0.3) is 0 Å². The first-order valence-electron chi connectivity index (χ1n) is 7.91. The van der Waals surface area contributed by atoms with E-state index in [2.05, 4.69) is 4.90 Å². The molecule has 0 aromatic carbocycles. The van der Waals surface area contributed by atoms with Crippen LogP contribution in [0.2, 0.25) is 0 Å². The maximum Gasteiger partial charge on any atom is 0.310 e. The van der Waals surface area contributed by atoms with Crippen LogP contribution in [0, 0.1) is 23.7 Å². The van der Waals surface area contributed by atoms with Crippen LogP contribution in [0.3, 0.4) is 0 Å². The van der Waals surface area contributed by atoms with Crippen molar-refractivity contribution in [3.63, 3.8) is 0 Å². The molecule has 0 amide bonds. The van der Waals surface area contributed by atoms with Crippen LogP contribution in [-0.2, 0) is 19.1 Å². The van der Waals surface area contributed by atoms with Gasteiger partial charge in [-0.2, -0.15) is 11.8 Å². The molecule has 5 atom stereocenters. The highest BCUT2D eigenvalue weighted by molar-refractivity contribution is 7.99. The van der Waals surface area contributed by atoms with Gasteiger partial charge in [0.25, 0.3) is 0 Å². The van der Waals surface area contributed by atoms with Gasteiger partial charge >= 0.3 is 11.9 Å². The Labute approximate surface area is 128 Å². The van der Waals surface area contributed by atoms with Crippen molar-refractivity contribution in [2.24, 2.45) is 23.7 Å². The van der Waals surface area contributed by atoms with E-state index in [9.17, 15) is 9.59 Å². The lowest BCUT2D eigenvalue weighted by Gasteiger charge is -2.27. The first-order chi connectivity index (χ1) is 10.2. The van der Waals surface area contributed by atoms with Crippen molar-refractivity contribution < 1.29 is 19.1 Å². The number of carbonyl (C=O) groups excluding carboxylic acids is 2. The molecular weight excluding hydrogens is 290 g/mol. The Morgan fingerprint density at radius 2 is 2.14 bits per heavy atom. The summed E-state index contributed by atoms with van der Waals surface area (Å²) in [4.78, 5) is 26.6. The smallest absolute Gasteiger partial charge is 0.310 e. The van der Waals surface area contributed by atoms with E-state index >= 15 is 0 Å². The third-order valence-corrected chi connectivity index (χ3v) is 6.45. The van der Waals surface area contributed by atoms with E-state index in [4.69, 9.17) is 9.47 Å². The van der Waals surface area contributed by atoms with E-state index in [1.807, 2.05) is 11.8 Å². The number of nitrogens with zero attached hydrogens (tertiary/aromatic N) is 1. The second kappa shape index (κ2) is 5.47. The standard InChI is InChI=1S/C15H21NO4S/c17-14(19-4-1-16-2-5-21-6-3-16)12-9-7-10-11(8-9)20-15(18)13(10)12/h9-13H,1-8H2/t9?,10?,11?,12?,13-/m0/s1. The molecule has 0 aromatic rings. The second-order valence-electron chi connectivity index (χ2n) is 6.54. The molecule has 6 heteroatoms. The molecule has 5 nitrogen and oxygen atoms in total. The number of thioether (sulfide) groups is 1. The summed E-state index contributed by atoms with van der Waals surface area (Å²) in [6.45, 7) is 3.41. The lowest BCUT2D eigenvalue weighted by molar-refractivity contribution is -0.156. The monoisotopic (exact) mass is 311 g/mol. The van der Waals surface area contributed by atoms with E-state index < -0.39 is 0 Å². The molecule has 116 valence electrons. The van der Waals surface area contributed by atoms with Crippen LogP contribution in [0.5, 0.6) is 0 Å². The van der Waals surface area contributed by atoms with Crippen molar-refractivity contribution in [1.82, 2.24) is 4.90 Å². The van der Waals surface area contributed by atoms with Gasteiger partial charge in [-0.1, -0.05) is 0 Å². The fourth-order valence-corrected chi connectivity index (χ4v) is 5.50. The molecular formula is C15H21NO4S. The quantitative estimate of drug-likeness (QED) is 0.715. The van der Waals surface area contributed by atoms with Gasteiger partial charge < -0.3 is 9.47 Å². The highest BCUT2D eigenvalue weighted by atomic mass is 32.2. The summed E-state index contributed by atoms with van der Waals surface area (Å²) in [7, 11) is 0. The molecule has 0 aromatic heterocycles. The van der Waals surface area contributed by atoms with E-state index in [0.717, 1.165) is 44.0 Å². The van der Waals surface area contributed by atoms with Gasteiger partial charge in [0.2, 0.25) is 0 Å². The number of ether oxygens (including phenoxy) is 2.